The predicted octanol–water partition coefficient (Wildman–Crippen LogP) is 5.20. The highest BCUT2D eigenvalue weighted by atomic mass is 16.6. The third-order valence-corrected chi connectivity index (χ3v) is 6.71. The minimum Gasteiger partial charge on any atom is -0.480 e. The van der Waals surface area contributed by atoms with Crippen LogP contribution in [0.1, 0.15) is 72.8 Å². The number of amides is 2. The third-order valence-electron chi connectivity index (χ3n) is 6.71. The van der Waals surface area contributed by atoms with Gasteiger partial charge in [0.25, 0.3) is 0 Å². The Hall–Kier alpha value is -3.89. The smallest absolute Gasteiger partial charge is 0.415 e. The molecule has 11 heteroatoms. The Morgan fingerprint density at radius 3 is 2.20 bits per heavy atom. The van der Waals surface area contributed by atoms with Crippen LogP contribution in [0.15, 0.2) is 30.5 Å². The van der Waals surface area contributed by atoms with E-state index in [-0.39, 0.29) is 18.4 Å². The predicted molar refractivity (Wildman–Crippen MR) is 162 cm³/mol. The molecule has 11 nitrogen and oxygen atoms in total. The molecule has 1 aromatic heterocycles. The second-order valence-corrected chi connectivity index (χ2v) is 9.17. The van der Waals surface area contributed by atoms with Crippen LogP contribution in [0.5, 0.6) is 5.75 Å². The molecule has 0 radical (unpaired) electrons. The fraction of sp³-hybridized carbons (Fsp3) is 0.567. The number of nitrogens with one attached hydrogen (secondary N) is 1. The molecule has 1 aromatic carbocycles. The first kappa shape index (κ1) is 33.3. The molecule has 0 spiro atoms. The summed E-state index contributed by atoms with van der Waals surface area (Å²) in [6.07, 6.45) is 4.51. The Morgan fingerprint density at radius 2 is 1.66 bits per heavy atom. The number of hydrogen-bond acceptors (Lipinski definition) is 8. The maximum absolute atomic E-state index is 12.4. The van der Waals surface area contributed by atoms with Crippen LogP contribution in [-0.2, 0) is 16.0 Å². The number of likely N-dealkylation sites (tertiary alicyclic amines) is 1. The maximum atomic E-state index is 12.4. The Labute approximate surface area is 243 Å². The Kier molecular flexibility index (Phi) is 13.8. The molecule has 2 amide bonds. The van der Waals surface area contributed by atoms with Crippen molar-refractivity contribution in [3.05, 3.63) is 36.0 Å². The van der Waals surface area contributed by atoms with Gasteiger partial charge in [0.15, 0.2) is 5.82 Å². The zero-order chi connectivity index (χ0) is 30.4. The van der Waals surface area contributed by atoms with E-state index in [0.717, 1.165) is 24.8 Å². The van der Waals surface area contributed by atoms with Crippen LogP contribution < -0.4 is 19.9 Å². The van der Waals surface area contributed by atoms with E-state index in [2.05, 4.69) is 15.3 Å². The monoisotopic (exact) mass is 570 g/mol. The first-order chi connectivity index (χ1) is 19.9. The second-order valence-electron chi connectivity index (χ2n) is 9.17. The molecule has 2 N–H and O–H groups in total. The number of aromatic nitrogens is 2. The van der Waals surface area contributed by atoms with Gasteiger partial charge in [-0.05, 0) is 50.8 Å². The van der Waals surface area contributed by atoms with Crippen LogP contribution in [0, 0.1) is 0 Å². The average Bonchev–Trinajstić information content (AvgIpc) is 3.69. The second kappa shape index (κ2) is 17.0. The van der Waals surface area contributed by atoms with Crippen LogP contribution in [-0.4, -0.2) is 76.7 Å². The van der Waals surface area contributed by atoms with Crippen molar-refractivity contribution in [1.82, 2.24) is 14.9 Å². The van der Waals surface area contributed by atoms with Gasteiger partial charge in [-0.2, -0.15) is 4.98 Å². The molecule has 226 valence electrons. The molecule has 2 fully saturated rings. The van der Waals surface area contributed by atoms with Gasteiger partial charge in [0.1, 0.15) is 17.5 Å². The van der Waals surface area contributed by atoms with E-state index in [1.807, 2.05) is 46.4 Å². The highest BCUT2D eigenvalue weighted by molar-refractivity contribution is 5.98. The molecular formula is C30H46N6O5. The largest absolute Gasteiger partial charge is 0.480 e. The molecule has 2 saturated heterocycles. The highest BCUT2D eigenvalue weighted by Crippen LogP contribution is 2.30. The SMILES string of the molecule is CC.CC.CCN(CC)c1ncc(N2CCCC2=O)c(N[C@@H](Cc2ccc(OC(=O)N3CCCC3)cc2)C(=O)O)n1. The molecular weight excluding hydrogens is 524 g/mol. The van der Waals surface area contributed by atoms with E-state index >= 15 is 0 Å². The lowest BCUT2D eigenvalue weighted by molar-refractivity contribution is -0.137. The van der Waals surface area contributed by atoms with Gasteiger partial charge in [0, 0.05) is 45.6 Å². The van der Waals surface area contributed by atoms with Crippen molar-refractivity contribution < 1.29 is 24.2 Å². The summed E-state index contributed by atoms with van der Waals surface area (Å²) in [5.41, 5.74) is 1.23. The lowest BCUT2D eigenvalue weighted by Crippen LogP contribution is -2.34. The van der Waals surface area contributed by atoms with Gasteiger partial charge >= 0.3 is 12.1 Å². The van der Waals surface area contributed by atoms with Crippen molar-refractivity contribution in [2.75, 3.05) is 47.8 Å². The zero-order valence-corrected chi connectivity index (χ0v) is 25.4. The van der Waals surface area contributed by atoms with Crippen LogP contribution in [0.4, 0.5) is 22.2 Å². The number of aliphatic carboxylic acids is 1. The summed E-state index contributed by atoms with van der Waals surface area (Å²) >= 11 is 0. The summed E-state index contributed by atoms with van der Waals surface area (Å²) in [7, 11) is 0. The first-order valence-electron chi connectivity index (χ1n) is 14.9. The maximum Gasteiger partial charge on any atom is 0.415 e. The molecule has 2 aliphatic heterocycles. The summed E-state index contributed by atoms with van der Waals surface area (Å²) in [6, 6.07) is 5.82. The molecule has 3 heterocycles. The summed E-state index contributed by atoms with van der Waals surface area (Å²) in [4.78, 5) is 51.2. The zero-order valence-electron chi connectivity index (χ0n) is 25.4. The molecule has 41 heavy (non-hydrogen) atoms. The number of ether oxygens (including phenoxy) is 1. The standard InChI is InChI=1S/C26H34N6O5.2C2H6/c1-3-30(4-2)25-27-17-21(32-15-7-8-22(32)33)23(29-25)28-20(24(34)35)16-18-9-11-19(12-10-18)37-26(36)31-13-5-6-14-31;2*1-2/h9-12,17,20H,3-8,13-16H2,1-2H3,(H,34,35)(H,27,28,29);2*1-2H3/t20-;;/m0../s1. The lowest BCUT2D eigenvalue weighted by Gasteiger charge is -2.25. The summed E-state index contributed by atoms with van der Waals surface area (Å²) < 4.78 is 5.44. The molecule has 1 atom stereocenters. The van der Waals surface area contributed by atoms with Crippen molar-refractivity contribution in [2.45, 2.75) is 79.7 Å². The van der Waals surface area contributed by atoms with Crippen molar-refractivity contribution in [1.29, 1.82) is 0 Å². The van der Waals surface area contributed by atoms with E-state index in [0.29, 0.717) is 62.3 Å². The Morgan fingerprint density at radius 1 is 1.02 bits per heavy atom. The average molecular weight is 571 g/mol. The van der Waals surface area contributed by atoms with Crippen molar-refractivity contribution in [3.63, 3.8) is 0 Å². The molecule has 4 rings (SSSR count). The number of carboxylic acid groups (broad SMARTS) is 1. The number of carbonyl (C=O) groups is 3. The van der Waals surface area contributed by atoms with Crippen LogP contribution in [0.25, 0.3) is 0 Å². The number of anilines is 3. The summed E-state index contributed by atoms with van der Waals surface area (Å²) in [5, 5.41) is 13.1. The summed E-state index contributed by atoms with van der Waals surface area (Å²) in [5.74, 6) is 0.112. The van der Waals surface area contributed by atoms with Crippen LogP contribution in [0.2, 0.25) is 0 Å². The fourth-order valence-electron chi connectivity index (χ4n) is 4.59. The molecule has 0 unspecified atom stereocenters. The van der Waals surface area contributed by atoms with Crippen molar-refractivity contribution in [2.24, 2.45) is 0 Å². The van der Waals surface area contributed by atoms with E-state index in [4.69, 9.17) is 4.74 Å². The van der Waals surface area contributed by atoms with Crippen molar-refractivity contribution >= 4 is 35.4 Å². The van der Waals surface area contributed by atoms with E-state index in [1.165, 1.54) is 0 Å². The van der Waals surface area contributed by atoms with E-state index < -0.39 is 12.0 Å². The topological polar surface area (TPSA) is 128 Å². The Bertz CT molecular complexity index is 1120. The van der Waals surface area contributed by atoms with Gasteiger partial charge in [-0.3, -0.25) is 4.79 Å². The Balaban J connectivity index is 0.00000141. The number of carbonyl (C=O) groups excluding carboxylic acids is 2. The number of hydrogen-bond donors (Lipinski definition) is 2. The third kappa shape index (κ3) is 9.06. The van der Waals surface area contributed by atoms with E-state index in [1.54, 1.807) is 40.3 Å². The number of benzene rings is 1. The molecule has 0 saturated carbocycles. The number of rotatable bonds is 10. The number of carboxylic acids is 1. The molecule has 0 bridgehead atoms. The molecule has 2 aliphatic rings. The van der Waals surface area contributed by atoms with Gasteiger partial charge in [0.05, 0.1) is 6.20 Å². The van der Waals surface area contributed by atoms with Crippen LogP contribution in [0.3, 0.4) is 0 Å². The highest BCUT2D eigenvalue weighted by Gasteiger charge is 2.28. The van der Waals surface area contributed by atoms with Gasteiger partial charge in [0.2, 0.25) is 11.9 Å². The van der Waals surface area contributed by atoms with Crippen LogP contribution >= 0.6 is 0 Å². The minimum absolute atomic E-state index is 0.0341. The quantitative estimate of drug-likeness (QED) is 0.396. The first-order valence-corrected chi connectivity index (χ1v) is 14.9. The molecule has 2 aromatic rings. The minimum atomic E-state index is -1.05. The number of nitrogens with zero attached hydrogens (tertiary/aromatic N) is 5. The summed E-state index contributed by atoms with van der Waals surface area (Å²) in [6.45, 7) is 15.3. The fourth-order valence-corrected chi connectivity index (χ4v) is 4.59. The van der Waals surface area contributed by atoms with Gasteiger partial charge in [-0.1, -0.05) is 39.8 Å². The van der Waals surface area contributed by atoms with Gasteiger partial charge in [-0.15, -0.1) is 0 Å². The van der Waals surface area contributed by atoms with Gasteiger partial charge < -0.3 is 29.9 Å². The normalized spacial score (nSPS) is 14.8. The van der Waals surface area contributed by atoms with Crippen molar-refractivity contribution in [3.8, 4) is 5.75 Å². The molecule has 0 aliphatic carbocycles. The van der Waals surface area contributed by atoms with E-state index in [9.17, 15) is 19.5 Å². The lowest BCUT2D eigenvalue weighted by atomic mass is 10.1. The van der Waals surface area contributed by atoms with Gasteiger partial charge in [-0.25, -0.2) is 14.6 Å².